The van der Waals surface area contributed by atoms with Crippen molar-refractivity contribution in [2.75, 3.05) is 0 Å². The van der Waals surface area contributed by atoms with Crippen LogP contribution in [0.2, 0.25) is 0 Å². The van der Waals surface area contributed by atoms with Crippen molar-refractivity contribution in [3.05, 3.63) is 35.4 Å². The molecule has 6 heteroatoms. The number of hydrogen-bond donors (Lipinski definition) is 1. The standard InChI is InChI=1S/C10H6Cl2F2O2/c11-10(12)4-9(10,8(15)16)6-2-1-5(13)3-7(6)14/h1-3H,4H2,(H,15,16). The molecule has 0 saturated heterocycles. The van der Waals surface area contributed by atoms with Crippen molar-refractivity contribution in [1.29, 1.82) is 0 Å². The molecule has 0 aliphatic heterocycles. The summed E-state index contributed by atoms with van der Waals surface area (Å²) in [6.45, 7) is 0. The van der Waals surface area contributed by atoms with Crippen LogP contribution in [0.3, 0.4) is 0 Å². The predicted octanol–water partition coefficient (Wildman–Crippen LogP) is 2.86. The van der Waals surface area contributed by atoms with Crippen LogP contribution >= 0.6 is 23.2 Å². The van der Waals surface area contributed by atoms with Gasteiger partial charge < -0.3 is 5.11 Å². The zero-order chi connectivity index (χ0) is 12.1. The fourth-order valence-electron chi connectivity index (χ4n) is 1.76. The Balaban J connectivity index is 2.56. The van der Waals surface area contributed by atoms with E-state index in [1.807, 2.05) is 0 Å². The molecule has 0 aromatic heterocycles. The molecule has 0 heterocycles. The van der Waals surface area contributed by atoms with Gasteiger partial charge in [0, 0.05) is 18.1 Å². The predicted molar refractivity (Wildman–Crippen MR) is 54.7 cm³/mol. The van der Waals surface area contributed by atoms with Crippen molar-refractivity contribution in [2.45, 2.75) is 16.2 Å². The van der Waals surface area contributed by atoms with Crippen LogP contribution in [0, 0.1) is 11.6 Å². The van der Waals surface area contributed by atoms with Crippen LogP contribution in [0.25, 0.3) is 0 Å². The Kier molecular flexibility index (Phi) is 2.40. The lowest BCUT2D eigenvalue weighted by molar-refractivity contribution is -0.140. The third kappa shape index (κ3) is 1.40. The smallest absolute Gasteiger partial charge is 0.317 e. The quantitative estimate of drug-likeness (QED) is 0.836. The molecule has 16 heavy (non-hydrogen) atoms. The largest absolute Gasteiger partial charge is 0.480 e. The van der Waals surface area contributed by atoms with E-state index >= 15 is 0 Å². The molecule has 2 nitrogen and oxygen atoms in total. The van der Waals surface area contributed by atoms with Gasteiger partial charge in [0.1, 0.15) is 21.4 Å². The Morgan fingerprint density at radius 3 is 2.31 bits per heavy atom. The van der Waals surface area contributed by atoms with E-state index in [1.165, 1.54) is 0 Å². The molecule has 0 amide bonds. The second-order valence-corrected chi connectivity index (χ2v) is 5.20. The number of rotatable bonds is 2. The minimum Gasteiger partial charge on any atom is -0.480 e. The number of halogens is 4. The number of alkyl halides is 2. The maximum Gasteiger partial charge on any atom is 0.317 e. The summed E-state index contributed by atoms with van der Waals surface area (Å²) < 4.78 is 24.6. The fourth-order valence-corrected chi connectivity index (χ4v) is 2.53. The maximum absolute atomic E-state index is 13.5. The first-order valence-electron chi connectivity index (χ1n) is 4.38. The summed E-state index contributed by atoms with van der Waals surface area (Å²) in [5.74, 6) is -3.05. The maximum atomic E-state index is 13.5. The summed E-state index contributed by atoms with van der Waals surface area (Å²) in [6.07, 6.45) is -0.0962. The molecule has 0 bridgehead atoms. The highest BCUT2D eigenvalue weighted by Gasteiger charge is 2.73. The second-order valence-electron chi connectivity index (χ2n) is 3.72. The fraction of sp³-hybridized carbons (Fsp3) is 0.300. The molecule has 1 unspecified atom stereocenters. The minimum atomic E-state index is -1.67. The summed E-state index contributed by atoms with van der Waals surface area (Å²) >= 11 is 11.5. The van der Waals surface area contributed by atoms with Gasteiger partial charge in [0.2, 0.25) is 0 Å². The van der Waals surface area contributed by atoms with E-state index in [1.54, 1.807) is 0 Å². The molecule has 1 aliphatic carbocycles. The lowest BCUT2D eigenvalue weighted by Gasteiger charge is -2.14. The van der Waals surface area contributed by atoms with Crippen molar-refractivity contribution in [3.8, 4) is 0 Å². The van der Waals surface area contributed by atoms with Gasteiger partial charge in [0.25, 0.3) is 0 Å². The van der Waals surface area contributed by atoms with E-state index in [0.29, 0.717) is 6.07 Å². The summed E-state index contributed by atoms with van der Waals surface area (Å²) in [7, 11) is 0. The number of aliphatic carboxylic acids is 1. The molecular weight excluding hydrogens is 261 g/mol. The van der Waals surface area contributed by atoms with Gasteiger partial charge in [0.15, 0.2) is 0 Å². The molecule has 86 valence electrons. The minimum absolute atomic E-state index is 0.0962. The Morgan fingerprint density at radius 1 is 1.38 bits per heavy atom. The van der Waals surface area contributed by atoms with Gasteiger partial charge in [-0.3, -0.25) is 4.79 Å². The monoisotopic (exact) mass is 266 g/mol. The summed E-state index contributed by atoms with van der Waals surface area (Å²) in [5.41, 5.74) is -1.86. The Bertz CT molecular complexity index is 476. The summed E-state index contributed by atoms with van der Waals surface area (Å²) in [6, 6.07) is 2.65. The molecule has 2 rings (SSSR count). The average Bonchev–Trinajstić information content (AvgIpc) is 2.70. The lowest BCUT2D eigenvalue weighted by atomic mass is 9.95. The Labute approximate surface area is 99.8 Å². The van der Waals surface area contributed by atoms with Gasteiger partial charge in [-0.15, -0.1) is 0 Å². The third-order valence-electron chi connectivity index (χ3n) is 2.74. The van der Waals surface area contributed by atoms with Crippen LogP contribution < -0.4 is 0 Å². The van der Waals surface area contributed by atoms with Crippen molar-refractivity contribution in [1.82, 2.24) is 0 Å². The van der Waals surface area contributed by atoms with E-state index < -0.39 is 27.4 Å². The van der Waals surface area contributed by atoms with Crippen LogP contribution in [-0.2, 0) is 10.2 Å². The van der Waals surface area contributed by atoms with Crippen molar-refractivity contribution >= 4 is 29.2 Å². The van der Waals surface area contributed by atoms with Crippen molar-refractivity contribution < 1.29 is 18.7 Å². The van der Waals surface area contributed by atoms with E-state index in [4.69, 9.17) is 28.3 Å². The first-order valence-corrected chi connectivity index (χ1v) is 5.13. The molecule has 1 fully saturated rings. The average molecular weight is 267 g/mol. The van der Waals surface area contributed by atoms with Crippen LogP contribution in [0.1, 0.15) is 12.0 Å². The van der Waals surface area contributed by atoms with Crippen LogP contribution in [0.5, 0.6) is 0 Å². The number of benzene rings is 1. The highest BCUT2D eigenvalue weighted by Crippen LogP contribution is 2.65. The van der Waals surface area contributed by atoms with E-state index in [-0.39, 0.29) is 12.0 Å². The molecule has 1 aromatic carbocycles. The van der Waals surface area contributed by atoms with Crippen molar-refractivity contribution in [3.63, 3.8) is 0 Å². The van der Waals surface area contributed by atoms with Crippen LogP contribution in [0.15, 0.2) is 18.2 Å². The Morgan fingerprint density at radius 2 is 1.94 bits per heavy atom. The van der Waals surface area contributed by atoms with Gasteiger partial charge in [-0.25, -0.2) is 8.78 Å². The molecule has 1 atom stereocenters. The highest BCUT2D eigenvalue weighted by atomic mass is 35.5. The van der Waals surface area contributed by atoms with Gasteiger partial charge >= 0.3 is 5.97 Å². The second kappa shape index (κ2) is 3.31. The first kappa shape index (κ1) is 11.6. The third-order valence-corrected chi connectivity index (χ3v) is 3.66. The molecule has 1 aromatic rings. The van der Waals surface area contributed by atoms with Gasteiger partial charge in [-0.2, -0.15) is 0 Å². The first-order chi connectivity index (χ1) is 7.31. The topological polar surface area (TPSA) is 37.3 Å². The zero-order valence-corrected chi connectivity index (χ0v) is 9.32. The SMILES string of the molecule is O=C(O)C1(c2ccc(F)cc2F)CC1(Cl)Cl. The molecule has 0 radical (unpaired) electrons. The number of carboxylic acid groups (broad SMARTS) is 1. The molecular formula is C10H6Cl2F2O2. The van der Waals surface area contributed by atoms with Crippen LogP contribution in [0.4, 0.5) is 8.78 Å². The number of hydrogen-bond acceptors (Lipinski definition) is 1. The molecule has 0 spiro atoms. The highest BCUT2D eigenvalue weighted by molar-refractivity contribution is 6.54. The number of carboxylic acids is 1. The van der Waals surface area contributed by atoms with Crippen molar-refractivity contribution in [2.24, 2.45) is 0 Å². The lowest BCUT2D eigenvalue weighted by Crippen LogP contribution is -2.27. The summed E-state index contributed by atoms with van der Waals surface area (Å²) in [4.78, 5) is 11.1. The molecule has 1 aliphatic rings. The van der Waals surface area contributed by atoms with E-state index in [9.17, 15) is 13.6 Å². The van der Waals surface area contributed by atoms with Crippen LogP contribution in [-0.4, -0.2) is 15.4 Å². The number of carbonyl (C=O) groups is 1. The van der Waals surface area contributed by atoms with Gasteiger partial charge in [-0.05, 0) is 6.07 Å². The normalized spacial score (nSPS) is 26.5. The van der Waals surface area contributed by atoms with Gasteiger partial charge in [-0.1, -0.05) is 29.3 Å². The summed E-state index contributed by atoms with van der Waals surface area (Å²) in [5, 5.41) is 9.06. The zero-order valence-electron chi connectivity index (χ0n) is 7.81. The van der Waals surface area contributed by atoms with E-state index in [0.717, 1.165) is 12.1 Å². The van der Waals surface area contributed by atoms with Gasteiger partial charge in [0.05, 0.1) is 0 Å². The Hall–Kier alpha value is -0.870. The molecule has 1 N–H and O–H groups in total. The molecule has 1 saturated carbocycles. The van der Waals surface area contributed by atoms with E-state index in [2.05, 4.69) is 0 Å².